The molecule has 0 unspecified atom stereocenters. The van der Waals surface area contributed by atoms with E-state index in [1.807, 2.05) is 65.2 Å². The molecule has 3 aromatic carbocycles. The molecule has 5 rings (SSSR count). The number of primary amides is 1. The summed E-state index contributed by atoms with van der Waals surface area (Å²) >= 11 is 2.26. The molecular formula is C26H21IN4O4. The van der Waals surface area contributed by atoms with Gasteiger partial charge in [0.15, 0.2) is 0 Å². The zero-order valence-corrected chi connectivity index (χ0v) is 20.9. The van der Waals surface area contributed by atoms with Gasteiger partial charge in [-0.15, -0.1) is 0 Å². The maximum atomic E-state index is 12.4. The van der Waals surface area contributed by atoms with Crippen molar-refractivity contribution in [2.45, 2.75) is 13.5 Å². The maximum Gasteiger partial charge on any atom is 0.349 e. The second-order valence-corrected chi connectivity index (χ2v) is 9.22. The van der Waals surface area contributed by atoms with Crippen molar-refractivity contribution in [2.75, 3.05) is 11.9 Å². The molecule has 0 fully saturated rings. The van der Waals surface area contributed by atoms with Gasteiger partial charge in [-0.1, -0.05) is 24.3 Å². The minimum Gasteiger partial charge on any atom is -0.492 e. The van der Waals surface area contributed by atoms with E-state index in [0.29, 0.717) is 41.1 Å². The van der Waals surface area contributed by atoms with Gasteiger partial charge in [0.25, 0.3) is 5.91 Å². The van der Waals surface area contributed by atoms with Gasteiger partial charge in [0.1, 0.15) is 23.5 Å². The number of halogens is 1. The summed E-state index contributed by atoms with van der Waals surface area (Å²) in [6.07, 6.45) is 0. The Morgan fingerprint density at radius 3 is 2.69 bits per heavy atom. The molecule has 2 heterocycles. The summed E-state index contributed by atoms with van der Waals surface area (Å²) < 4.78 is 14.5. The third-order valence-electron chi connectivity index (χ3n) is 5.69. The van der Waals surface area contributed by atoms with Crippen LogP contribution in [0.3, 0.4) is 0 Å². The highest BCUT2D eigenvalue weighted by Crippen LogP contribution is 2.29. The molecule has 0 atom stereocenters. The first-order valence-corrected chi connectivity index (χ1v) is 12.0. The highest BCUT2D eigenvalue weighted by atomic mass is 127. The van der Waals surface area contributed by atoms with Crippen LogP contribution in [0.5, 0.6) is 5.75 Å². The van der Waals surface area contributed by atoms with Crippen molar-refractivity contribution < 1.29 is 13.9 Å². The number of aromatic nitrogens is 2. The summed E-state index contributed by atoms with van der Waals surface area (Å²) in [4.78, 5) is 29.0. The molecule has 0 aliphatic rings. The Labute approximate surface area is 213 Å². The number of nitrogens with two attached hydrogens (primary N) is 1. The number of benzene rings is 3. The smallest absolute Gasteiger partial charge is 0.349 e. The fourth-order valence-corrected chi connectivity index (χ4v) is 4.59. The number of hydrogen-bond acceptors (Lipinski definition) is 6. The number of para-hydroxylation sites is 1. The number of fused-ring (bicyclic) bond motifs is 2. The Hall–Kier alpha value is -3.86. The first kappa shape index (κ1) is 22.9. The van der Waals surface area contributed by atoms with Crippen molar-refractivity contribution in [1.82, 2.24) is 9.55 Å². The van der Waals surface area contributed by atoms with Gasteiger partial charge in [0, 0.05) is 20.7 Å². The third kappa shape index (κ3) is 4.59. The largest absolute Gasteiger partial charge is 0.492 e. The van der Waals surface area contributed by atoms with Crippen molar-refractivity contribution in [3.05, 3.63) is 91.8 Å². The lowest BCUT2D eigenvalue weighted by Gasteiger charge is -2.12. The zero-order chi connectivity index (χ0) is 24.5. The number of carbonyl (C=O) groups excluding carboxylic acids is 1. The van der Waals surface area contributed by atoms with Crippen molar-refractivity contribution in [1.29, 1.82) is 0 Å². The standard InChI is InChI=1S/C26H21IN4O4/c1-15-19-13-20-21(14-22(19)35-25(33)23(15)24(28)32)31(10-11-34-18-8-3-2-4-9-18)26(30-20)29-17-7-5-6-16(27)12-17/h2-9,12-14H,10-11H2,1H3,(H2,28,32)(H,29,30). The summed E-state index contributed by atoms with van der Waals surface area (Å²) in [7, 11) is 0. The summed E-state index contributed by atoms with van der Waals surface area (Å²) in [5.74, 6) is 0.571. The Morgan fingerprint density at radius 1 is 1.14 bits per heavy atom. The first-order chi connectivity index (χ1) is 16.9. The number of anilines is 2. The highest BCUT2D eigenvalue weighted by molar-refractivity contribution is 14.1. The van der Waals surface area contributed by atoms with Crippen LogP contribution in [0.1, 0.15) is 15.9 Å². The zero-order valence-electron chi connectivity index (χ0n) is 18.7. The molecule has 0 saturated heterocycles. The van der Waals surface area contributed by atoms with E-state index in [1.54, 1.807) is 13.0 Å². The first-order valence-electron chi connectivity index (χ1n) is 10.9. The van der Waals surface area contributed by atoms with Crippen molar-refractivity contribution in [2.24, 2.45) is 5.73 Å². The lowest BCUT2D eigenvalue weighted by atomic mass is 10.1. The van der Waals surface area contributed by atoms with Gasteiger partial charge in [-0.05, 0) is 71.5 Å². The van der Waals surface area contributed by atoms with E-state index < -0.39 is 11.5 Å². The van der Waals surface area contributed by atoms with Crippen LogP contribution >= 0.6 is 22.6 Å². The molecule has 3 N–H and O–H groups in total. The predicted molar refractivity (Wildman–Crippen MR) is 143 cm³/mol. The van der Waals surface area contributed by atoms with E-state index in [9.17, 15) is 9.59 Å². The second-order valence-electron chi connectivity index (χ2n) is 7.97. The van der Waals surface area contributed by atoms with Crippen LogP contribution in [0, 0.1) is 10.5 Å². The molecule has 0 saturated carbocycles. The van der Waals surface area contributed by atoms with Crippen molar-refractivity contribution in [3.8, 4) is 5.75 Å². The number of hydrogen-bond donors (Lipinski definition) is 2. The van der Waals surface area contributed by atoms with Gasteiger partial charge in [0.05, 0.1) is 17.6 Å². The number of rotatable bonds is 7. The number of ether oxygens (including phenoxy) is 1. The van der Waals surface area contributed by atoms with Gasteiger partial charge in [0.2, 0.25) is 5.95 Å². The summed E-state index contributed by atoms with van der Waals surface area (Å²) in [5, 5.41) is 3.99. The van der Waals surface area contributed by atoms with E-state index in [-0.39, 0.29) is 5.56 Å². The fraction of sp³-hybridized carbons (Fsp3) is 0.115. The average Bonchev–Trinajstić information content (AvgIpc) is 3.14. The Kier molecular flexibility index (Phi) is 6.16. The molecule has 9 heteroatoms. The van der Waals surface area contributed by atoms with Crippen molar-refractivity contribution in [3.63, 3.8) is 0 Å². The maximum absolute atomic E-state index is 12.4. The predicted octanol–water partition coefficient (Wildman–Crippen LogP) is 4.98. The lowest BCUT2D eigenvalue weighted by molar-refractivity contribution is 0.0996. The molecule has 0 aliphatic carbocycles. The van der Waals surface area contributed by atoms with E-state index in [4.69, 9.17) is 19.9 Å². The molecule has 1 amide bonds. The average molecular weight is 580 g/mol. The molecule has 8 nitrogen and oxygen atoms in total. The molecule has 0 aliphatic heterocycles. The van der Waals surface area contributed by atoms with Crippen LogP contribution in [0.4, 0.5) is 11.6 Å². The molecule has 2 aromatic heterocycles. The molecule has 0 spiro atoms. The summed E-state index contributed by atoms with van der Waals surface area (Å²) in [6.45, 7) is 2.57. The van der Waals surface area contributed by atoms with E-state index in [2.05, 4.69) is 27.9 Å². The normalized spacial score (nSPS) is 11.1. The van der Waals surface area contributed by atoms with E-state index >= 15 is 0 Å². The SMILES string of the molecule is Cc1c(C(N)=O)c(=O)oc2cc3c(cc12)nc(Nc1cccc(I)c1)n3CCOc1ccccc1. The van der Waals surface area contributed by atoms with Crippen LogP contribution in [0.25, 0.3) is 22.0 Å². The fourth-order valence-electron chi connectivity index (χ4n) is 4.04. The monoisotopic (exact) mass is 580 g/mol. The van der Waals surface area contributed by atoms with Gasteiger partial charge < -0.3 is 24.8 Å². The van der Waals surface area contributed by atoms with Crippen LogP contribution in [0.2, 0.25) is 0 Å². The number of carbonyl (C=O) groups is 1. The van der Waals surface area contributed by atoms with Crippen molar-refractivity contribution >= 4 is 62.1 Å². The van der Waals surface area contributed by atoms with E-state index in [1.165, 1.54) is 0 Å². The van der Waals surface area contributed by atoms with Gasteiger partial charge in [-0.3, -0.25) is 4.79 Å². The minimum absolute atomic E-state index is 0.148. The van der Waals surface area contributed by atoms with Crippen LogP contribution in [-0.4, -0.2) is 22.1 Å². The highest BCUT2D eigenvalue weighted by Gasteiger charge is 2.19. The molecule has 0 radical (unpaired) electrons. The van der Waals surface area contributed by atoms with Gasteiger partial charge >= 0.3 is 5.63 Å². The molecule has 5 aromatic rings. The number of nitrogens with one attached hydrogen (secondary N) is 1. The number of nitrogens with zero attached hydrogens (tertiary/aromatic N) is 2. The molecule has 35 heavy (non-hydrogen) atoms. The third-order valence-corrected chi connectivity index (χ3v) is 6.36. The Balaban J connectivity index is 1.61. The summed E-state index contributed by atoms with van der Waals surface area (Å²) in [6, 6.07) is 21.1. The second kappa shape index (κ2) is 9.41. The minimum atomic E-state index is -0.817. The number of amides is 1. The molecule has 176 valence electrons. The Morgan fingerprint density at radius 2 is 1.94 bits per heavy atom. The summed E-state index contributed by atoms with van der Waals surface area (Å²) in [5.41, 5.74) is 7.66. The van der Waals surface area contributed by atoms with Crippen LogP contribution in [-0.2, 0) is 6.54 Å². The Bertz CT molecular complexity index is 1630. The molecular weight excluding hydrogens is 559 g/mol. The quantitative estimate of drug-likeness (QED) is 0.208. The van der Waals surface area contributed by atoms with Gasteiger partial charge in [-0.2, -0.15) is 0 Å². The number of aryl methyl sites for hydroxylation is 1. The molecule has 0 bridgehead atoms. The lowest BCUT2D eigenvalue weighted by Crippen LogP contribution is -2.22. The van der Waals surface area contributed by atoms with Crippen LogP contribution < -0.4 is 21.4 Å². The number of imidazole rings is 1. The van der Waals surface area contributed by atoms with E-state index in [0.717, 1.165) is 20.5 Å². The van der Waals surface area contributed by atoms with Gasteiger partial charge in [-0.25, -0.2) is 9.78 Å². The van der Waals surface area contributed by atoms with Crippen LogP contribution in [0.15, 0.2) is 75.9 Å². The topological polar surface area (TPSA) is 112 Å².